The normalized spacial score (nSPS) is 16.4. The van der Waals surface area contributed by atoms with Crippen LogP contribution in [0.2, 0.25) is 0 Å². The van der Waals surface area contributed by atoms with Crippen molar-refractivity contribution in [1.29, 1.82) is 0 Å². The zero-order valence-corrected chi connectivity index (χ0v) is 16.9. The number of carbonyl (C=O) groups is 1. The van der Waals surface area contributed by atoms with E-state index in [1.54, 1.807) is 0 Å². The molecule has 1 aliphatic heterocycles. The minimum Gasteiger partial charge on any atom is -0.340 e. The molecular formula is C26H25N3O. The molecule has 1 atom stereocenters. The molecule has 0 radical (unpaired) electrons. The van der Waals surface area contributed by atoms with Crippen LogP contribution in [-0.4, -0.2) is 27.3 Å². The van der Waals surface area contributed by atoms with Crippen molar-refractivity contribution in [3.63, 3.8) is 0 Å². The number of carbonyl (C=O) groups excluding carboxylic acids is 1. The summed E-state index contributed by atoms with van der Waals surface area (Å²) < 4.78 is 0. The molecular weight excluding hydrogens is 370 g/mol. The summed E-state index contributed by atoms with van der Waals surface area (Å²) in [7, 11) is 0. The van der Waals surface area contributed by atoms with Gasteiger partial charge in [0.25, 0.3) is 0 Å². The van der Waals surface area contributed by atoms with Crippen molar-refractivity contribution in [1.82, 2.24) is 14.9 Å². The van der Waals surface area contributed by atoms with Gasteiger partial charge in [-0.15, -0.1) is 0 Å². The van der Waals surface area contributed by atoms with Crippen molar-refractivity contribution >= 4 is 16.9 Å². The molecule has 5 rings (SSSR count). The van der Waals surface area contributed by atoms with Gasteiger partial charge < -0.3 is 9.88 Å². The lowest BCUT2D eigenvalue weighted by Gasteiger charge is -2.26. The van der Waals surface area contributed by atoms with Gasteiger partial charge in [-0.1, -0.05) is 72.8 Å². The third kappa shape index (κ3) is 3.61. The number of para-hydroxylation sites is 2. The summed E-state index contributed by atoms with van der Waals surface area (Å²) in [6.45, 7) is 0.789. The quantitative estimate of drug-likeness (QED) is 0.488. The number of nitrogens with one attached hydrogen (secondary N) is 1. The van der Waals surface area contributed by atoms with Gasteiger partial charge in [-0.3, -0.25) is 4.79 Å². The second-order valence-corrected chi connectivity index (χ2v) is 7.96. The van der Waals surface area contributed by atoms with E-state index in [2.05, 4.69) is 29.2 Å². The number of nitrogens with zero attached hydrogens (tertiary/aromatic N) is 2. The van der Waals surface area contributed by atoms with Gasteiger partial charge in [0.1, 0.15) is 5.82 Å². The minimum atomic E-state index is 0.0251. The molecule has 0 aliphatic carbocycles. The first kappa shape index (κ1) is 18.6. The highest BCUT2D eigenvalue weighted by Crippen LogP contribution is 2.35. The van der Waals surface area contributed by atoms with Crippen molar-refractivity contribution in [2.45, 2.75) is 31.2 Å². The number of hydrogen-bond donors (Lipinski definition) is 1. The number of fused-ring (bicyclic) bond motifs is 1. The fourth-order valence-electron chi connectivity index (χ4n) is 4.57. The number of aromatic amines is 1. The third-order valence-corrected chi connectivity index (χ3v) is 6.08. The molecule has 150 valence electrons. The molecule has 1 fully saturated rings. The average Bonchev–Trinajstić information content (AvgIpc) is 3.45. The monoisotopic (exact) mass is 395 g/mol. The first-order valence-corrected chi connectivity index (χ1v) is 10.6. The maximum absolute atomic E-state index is 13.5. The largest absolute Gasteiger partial charge is 0.340 e. The highest BCUT2D eigenvalue weighted by molar-refractivity contribution is 5.79. The van der Waals surface area contributed by atoms with Crippen LogP contribution >= 0.6 is 0 Å². The van der Waals surface area contributed by atoms with Gasteiger partial charge in [0.15, 0.2) is 0 Å². The Hall–Kier alpha value is -3.40. The summed E-state index contributed by atoms with van der Waals surface area (Å²) in [5.74, 6) is 1.14. The lowest BCUT2D eigenvalue weighted by molar-refractivity contribution is -0.132. The number of likely N-dealkylation sites (tertiary alicyclic amines) is 1. The zero-order valence-electron chi connectivity index (χ0n) is 16.9. The predicted octanol–water partition coefficient (Wildman–Crippen LogP) is 5.45. The molecule has 1 aliphatic rings. The van der Waals surface area contributed by atoms with E-state index in [9.17, 15) is 4.79 Å². The number of benzene rings is 3. The highest BCUT2D eigenvalue weighted by Gasteiger charge is 2.33. The first-order chi connectivity index (χ1) is 14.8. The fraction of sp³-hybridized carbons (Fsp3) is 0.231. The van der Waals surface area contributed by atoms with Crippen molar-refractivity contribution in [2.75, 3.05) is 6.54 Å². The van der Waals surface area contributed by atoms with Crippen molar-refractivity contribution in [2.24, 2.45) is 0 Å². The molecule has 0 spiro atoms. The summed E-state index contributed by atoms with van der Waals surface area (Å²) in [5.41, 5.74) is 4.34. The topological polar surface area (TPSA) is 49.0 Å². The SMILES string of the molecule is O=C(CC(c1ccccc1)c1ccccc1)N1CCCC1c1nc2ccccc2[nH]1. The van der Waals surface area contributed by atoms with Crippen LogP contribution in [0.15, 0.2) is 84.9 Å². The van der Waals surface area contributed by atoms with Gasteiger partial charge in [0, 0.05) is 18.9 Å². The molecule has 0 bridgehead atoms. The Labute approximate surface area is 176 Å². The number of amides is 1. The van der Waals surface area contributed by atoms with Crippen LogP contribution in [0.4, 0.5) is 0 Å². The average molecular weight is 396 g/mol. The predicted molar refractivity (Wildman–Crippen MR) is 119 cm³/mol. The lowest BCUT2D eigenvalue weighted by Crippen LogP contribution is -2.32. The first-order valence-electron chi connectivity index (χ1n) is 10.6. The van der Waals surface area contributed by atoms with E-state index in [1.807, 2.05) is 65.6 Å². The summed E-state index contributed by atoms with van der Waals surface area (Å²) in [6, 6.07) is 28.8. The van der Waals surface area contributed by atoms with E-state index in [4.69, 9.17) is 4.98 Å². The van der Waals surface area contributed by atoms with Crippen molar-refractivity contribution in [3.05, 3.63) is 102 Å². The molecule has 1 aromatic heterocycles. The van der Waals surface area contributed by atoms with E-state index in [1.165, 1.54) is 11.1 Å². The molecule has 1 saturated heterocycles. The Balaban J connectivity index is 1.42. The molecule has 3 aromatic carbocycles. The summed E-state index contributed by atoms with van der Waals surface area (Å²) in [5, 5.41) is 0. The Morgan fingerprint density at radius 3 is 2.23 bits per heavy atom. The number of aromatic nitrogens is 2. The molecule has 30 heavy (non-hydrogen) atoms. The molecule has 4 nitrogen and oxygen atoms in total. The van der Waals surface area contributed by atoms with E-state index in [-0.39, 0.29) is 17.9 Å². The fourth-order valence-corrected chi connectivity index (χ4v) is 4.57. The van der Waals surface area contributed by atoms with Gasteiger partial charge in [-0.2, -0.15) is 0 Å². The van der Waals surface area contributed by atoms with Crippen LogP contribution in [-0.2, 0) is 4.79 Å². The van der Waals surface area contributed by atoms with Crippen LogP contribution < -0.4 is 0 Å². The zero-order chi connectivity index (χ0) is 20.3. The van der Waals surface area contributed by atoms with Crippen LogP contribution in [0.3, 0.4) is 0 Å². The van der Waals surface area contributed by atoms with E-state index < -0.39 is 0 Å². The highest BCUT2D eigenvalue weighted by atomic mass is 16.2. The van der Waals surface area contributed by atoms with E-state index in [0.29, 0.717) is 6.42 Å². The van der Waals surface area contributed by atoms with Crippen molar-refractivity contribution < 1.29 is 4.79 Å². The summed E-state index contributed by atoms with van der Waals surface area (Å²) in [4.78, 5) is 23.7. The standard InChI is InChI=1S/C26H25N3O/c30-25(18-21(19-10-3-1-4-11-19)20-12-5-2-6-13-20)29-17-9-16-24(29)26-27-22-14-7-8-15-23(22)28-26/h1-8,10-15,21,24H,9,16-18H2,(H,27,28). The second-order valence-electron chi connectivity index (χ2n) is 7.96. The lowest BCUT2D eigenvalue weighted by atomic mass is 9.88. The maximum Gasteiger partial charge on any atom is 0.224 e. The maximum atomic E-state index is 13.5. The third-order valence-electron chi connectivity index (χ3n) is 6.08. The molecule has 1 N–H and O–H groups in total. The van der Waals surface area contributed by atoms with Gasteiger partial charge in [0.2, 0.25) is 5.91 Å². The number of rotatable bonds is 5. The van der Waals surface area contributed by atoms with E-state index >= 15 is 0 Å². The molecule has 2 heterocycles. The Bertz CT molecular complexity index is 1060. The van der Waals surface area contributed by atoms with Crippen LogP contribution in [0.25, 0.3) is 11.0 Å². The van der Waals surface area contributed by atoms with Gasteiger partial charge >= 0.3 is 0 Å². The van der Waals surface area contributed by atoms with E-state index in [0.717, 1.165) is 36.2 Å². The molecule has 4 heteroatoms. The number of H-pyrrole nitrogens is 1. The molecule has 1 amide bonds. The Kier molecular flexibility index (Phi) is 5.06. The molecule has 0 saturated carbocycles. The molecule has 4 aromatic rings. The van der Waals surface area contributed by atoms with Crippen LogP contribution in [0.1, 0.15) is 48.2 Å². The smallest absolute Gasteiger partial charge is 0.224 e. The van der Waals surface area contributed by atoms with Gasteiger partial charge in [0.05, 0.1) is 17.1 Å². The Morgan fingerprint density at radius 2 is 1.57 bits per heavy atom. The van der Waals surface area contributed by atoms with Gasteiger partial charge in [-0.25, -0.2) is 4.98 Å². The number of hydrogen-bond acceptors (Lipinski definition) is 2. The van der Waals surface area contributed by atoms with Crippen LogP contribution in [0.5, 0.6) is 0 Å². The van der Waals surface area contributed by atoms with Gasteiger partial charge in [-0.05, 0) is 36.1 Å². The van der Waals surface area contributed by atoms with Crippen LogP contribution in [0, 0.1) is 0 Å². The minimum absolute atomic E-state index is 0.0251. The second kappa shape index (κ2) is 8.15. The van der Waals surface area contributed by atoms with Crippen molar-refractivity contribution in [3.8, 4) is 0 Å². The number of imidazole rings is 1. The summed E-state index contributed by atoms with van der Waals surface area (Å²) in [6.07, 6.45) is 2.42. The summed E-state index contributed by atoms with van der Waals surface area (Å²) >= 11 is 0. The molecule has 1 unspecified atom stereocenters. The Morgan fingerprint density at radius 1 is 0.933 bits per heavy atom.